The second-order valence-electron chi connectivity index (χ2n) is 8.26. The third-order valence-corrected chi connectivity index (χ3v) is 5.79. The standard InChI is InChI=1S/C25H24N6O4/c1-15-5-6-16(2)20(9-15)21-13-22-24-28-31(25(33)29(24)7-8-30(22)27-21)14-23(32)26-17-10-18(34-3)12-19(11-17)35-4/h5-13H,14H2,1-4H3,(H,26,32). The van der Waals surface area contributed by atoms with Crippen LogP contribution in [0.3, 0.4) is 0 Å². The summed E-state index contributed by atoms with van der Waals surface area (Å²) in [5.41, 5.74) is 5.17. The maximum absolute atomic E-state index is 13.0. The molecule has 3 heterocycles. The van der Waals surface area contributed by atoms with E-state index in [2.05, 4.69) is 33.7 Å². The number of ether oxygens (including phenoxy) is 2. The van der Waals surface area contributed by atoms with E-state index in [0.717, 1.165) is 27.1 Å². The molecule has 35 heavy (non-hydrogen) atoms. The summed E-state index contributed by atoms with van der Waals surface area (Å²) in [5.74, 6) is 0.658. The van der Waals surface area contributed by atoms with Gasteiger partial charge in [-0.25, -0.2) is 18.4 Å². The summed E-state index contributed by atoms with van der Waals surface area (Å²) in [5, 5.41) is 11.9. The number of hydrogen-bond donors (Lipinski definition) is 1. The first kappa shape index (κ1) is 22.2. The number of nitrogens with one attached hydrogen (secondary N) is 1. The van der Waals surface area contributed by atoms with Gasteiger partial charge in [-0.3, -0.25) is 4.79 Å². The van der Waals surface area contributed by atoms with Gasteiger partial charge in [-0.2, -0.15) is 5.10 Å². The van der Waals surface area contributed by atoms with Crippen LogP contribution >= 0.6 is 0 Å². The molecular formula is C25H24N6O4. The monoisotopic (exact) mass is 472 g/mol. The lowest BCUT2D eigenvalue weighted by Crippen LogP contribution is -2.28. The summed E-state index contributed by atoms with van der Waals surface area (Å²) < 4.78 is 14.7. The number of nitrogens with zero attached hydrogens (tertiary/aromatic N) is 5. The third kappa shape index (κ3) is 4.10. The van der Waals surface area contributed by atoms with Gasteiger partial charge in [0.1, 0.15) is 23.6 Å². The predicted octanol–water partition coefficient (Wildman–Crippen LogP) is 3.08. The van der Waals surface area contributed by atoms with Crippen molar-refractivity contribution in [2.24, 2.45) is 0 Å². The average molecular weight is 473 g/mol. The molecule has 0 atom stereocenters. The Morgan fingerprint density at radius 2 is 1.71 bits per heavy atom. The van der Waals surface area contributed by atoms with E-state index < -0.39 is 11.6 Å². The van der Waals surface area contributed by atoms with Crippen LogP contribution in [0.2, 0.25) is 0 Å². The Bertz CT molecular complexity index is 1620. The number of fused-ring (bicyclic) bond motifs is 3. The average Bonchev–Trinajstić information content (AvgIpc) is 3.41. The van der Waals surface area contributed by atoms with Crippen molar-refractivity contribution in [3.8, 4) is 22.8 Å². The van der Waals surface area contributed by atoms with E-state index >= 15 is 0 Å². The molecule has 1 amide bonds. The molecule has 0 spiro atoms. The molecule has 1 N–H and O–H groups in total. The molecular weight excluding hydrogens is 448 g/mol. The topological polar surface area (TPSA) is 104 Å². The first-order chi connectivity index (χ1) is 16.9. The number of rotatable bonds is 6. The van der Waals surface area contributed by atoms with E-state index in [1.54, 1.807) is 35.1 Å². The molecule has 10 nitrogen and oxygen atoms in total. The molecule has 3 aromatic heterocycles. The number of methoxy groups -OCH3 is 2. The van der Waals surface area contributed by atoms with E-state index in [4.69, 9.17) is 9.47 Å². The molecule has 0 unspecified atom stereocenters. The lowest BCUT2D eigenvalue weighted by Gasteiger charge is -2.09. The van der Waals surface area contributed by atoms with Crippen molar-refractivity contribution < 1.29 is 14.3 Å². The number of carbonyl (C=O) groups excluding carboxylic acids is 1. The number of aryl methyl sites for hydroxylation is 2. The van der Waals surface area contributed by atoms with Crippen LogP contribution in [0, 0.1) is 13.8 Å². The quantitative estimate of drug-likeness (QED) is 0.407. The fourth-order valence-electron chi connectivity index (χ4n) is 4.00. The van der Waals surface area contributed by atoms with Gasteiger partial charge < -0.3 is 14.8 Å². The van der Waals surface area contributed by atoms with E-state index in [1.807, 2.05) is 19.9 Å². The van der Waals surface area contributed by atoms with Crippen molar-refractivity contribution >= 4 is 22.8 Å². The maximum atomic E-state index is 13.0. The summed E-state index contributed by atoms with van der Waals surface area (Å²) in [7, 11) is 3.05. The Morgan fingerprint density at radius 1 is 0.971 bits per heavy atom. The summed E-state index contributed by atoms with van der Waals surface area (Å²) in [6.07, 6.45) is 3.30. The van der Waals surface area contributed by atoms with Gasteiger partial charge in [-0.05, 0) is 31.5 Å². The highest BCUT2D eigenvalue weighted by Gasteiger charge is 2.16. The van der Waals surface area contributed by atoms with Crippen LogP contribution in [0.5, 0.6) is 11.5 Å². The van der Waals surface area contributed by atoms with Gasteiger partial charge in [0.25, 0.3) is 0 Å². The van der Waals surface area contributed by atoms with Crippen molar-refractivity contribution in [2.75, 3.05) is 19.5 Å². The zero-order valence-corrected chi connectivity index (χ0v) is 19.8. The number of carbonyl (C=O) groups is 1. The molecule has 0 aliphatic rings. The molecule has 5 aromatic rings. The van der Waals surface area contributed by atoms with Crippen molar-refractivity contribution in [3.63, 3.8) is 0 Å². The molecule has 0 radical (unpaired) electrons. The fourth-order valence-corrected chi connectivity index (χ4v) is 4.00. The number of amides is 1. The van der Waals surface area contributed by atoms with Crippen LogP contribution in [0.4, 0.5) is 5.69 Å². The Kier molecular flexibility index (Phi) is 5.48. The lowest BCUT2D eigenvalue weighted by molar-refractivity contribution is -0.117. The minimum Gasteiger partial charge on any atom is -0.497 e. The van der Waals surface area contributed by atoms with Gasteiger partial charge in [0, 0.05) is 41.8 Å². The number of hydrogen-bond acceptors (Lipinski definition) is 6. The van der Waals surface area contributed by atoms with Gasteiger partial charge in [-0.15, -0.1) is 5.10 Å². The Labute approximate surface area is 200 Å². The highest BCUT2D eigenvalue weighted by molar-refractivity contribution is 5.91. The molecule has 178 valence electrons. The minimum absolute atomic E-state index is 0.260. The van der Waals surface area contributed by atoms with Crippen LogP contribution in [0.25, 0.3) is 22.4 Å². The van der Waals surface area contributed by atoms with Gasteiger partial charge in [0.05, 0.1) is 19.9 Å². The SMILES string of the molecule is COc1cc(NC(=O)Cn2nc3c4cc(-c5cc(C)ccc5C)nn4ccn3c2=O)cc(OC)c1. The van der Waals surface area contributed by atoms with Gasteiger partial charge in [0.2, 0.25) is 5.91 Å². The molecule has 10 heteroatoms. The summed E-state index contributed by atoms with van der Waals surface area (Å²) >= 11 is 0. The Morgan fingerprint density at radius 3 is 2.43 bits per heavy atom. The molecule has 2 aromatic carbocycles. The van der Waals surface area contributed by atoms with Crippen LogP contribution in [-0.2, 0) is 11.3 Å². The zero-order chi connectivity index (χ0) is 24.7. The van der Waals surface area contributed by atoms with Gasteiger partial charge in [0.15, 0.2) is 5.65 Å². The Balaban J connectivity index is 1.48. The van der Waals surface area contributed by atoms with Crippen LogP contribution in [0.1, 0.15) is 11.1 Å². The summed E-state index contributed by atoms with van der Waals surface area (Å²) in [4.78, 5) is 25.7. The van der Waals surface area contributed by atoms with Gasteiger partial charge >= 0.3 is 5.69 Å². The summed E-state index contributed by atoms with van der Waals surface area (Å²) in [6, 6.07) is 13.1. The molecule has 5 rings (SSSR count). The smallest absolute Gasteiger partial charge is 0.350 e. The number of benzene rings is 2. The third-order valence-electron chi connectivity index (χ3n) is 5.79. The van der Waals surface area contributed by atoms with Crippen LogP contribution < -0.4 is 20.5 Å². The van der Waals surface area contributed by atoms with Gasteiger partial charge in [-0.1, -0.05) is 17.7 Å². The van der Waals surface area contributed by atoms with Crippen molar-refractivity contribution in [2.45, 2.75) is 20.4 Å². The minimum atomic E-state index is -0.421. The maximum Gasteiger partial charge on any atom is 0.350 e. The first-order valence-electron chi connectivity index (χ1n) is 10.9. The van der Waals surface area contributed by atoms with E-state index in [1.165, 1.54) is 18.6 Å². The molecule has 0 saturated carbocycles. The predicted molar refractivity (Wildman–Crippen MR) is 131 cm³/mol. The first-order valence-corrected chi connectivity index (χ1v) is 10.9. The number of anilines is 1. The second-order valence-corrected chi connectivity index (χ2v) is 8.26. The van der Waals surface area contributed by atoms with Crippen molar-refractivity contribution in [1.29, 1.82) is 0 Å². The Hall–Kier alpha value is -4.60. The highest BCUT2D eigenvalue weighted by atomic mass is 16.5. The summed E-state index contributed by atoms with van der Waals surface area (Å²) in [6.45, 7) is 3.80. The van der Waals surface area contributed by atoms with E-state index in [-0.39, 0.29) is 6.54 Å². The fraction of sp³-hybridized carbons (Fsp3) is 0.200. The number of aromatic nitrogens is 5. The molecule has 0 saturated heterocycles. The van der Waals surface area contributed by atoms with Crippen LogP contribution in [-0.4, -0.2) is 43.9 Å². The largest absolute Gasteiger partial charge is 0.497 e. The zero-order valence-electron chi connectivity index (χ0n) is 19.8. The normalized spacial score (nSPS) is 11.2. The van der Waals surface area contributed by atoms with Crippen molar-refractivity contribution in [1.82, 2.24) is 23.8 Å². The van der Waals surface area contributed by atoms with E-state index in [9.17, 15) is 9.59 Å². The lowest BCUT2D eigenvalue weighted by atomic mass is 10.0. The highest BCUT2D eigenvalue weighted by Crippen LogP contribution is 2.27. The second kappa shape index (κ2) is 8.64. The molecule has 0 fully saturated rings. The molecule has 0 aliphatic heterocycles. The van der Waals surface area contributed by atoms with Crippen molar-refractivity contribution in [3.05, 3.63) is 76.5 Å². The van der Waals surface area contributed by atoms with E-state index in [0.29, 0.717) is 28.4 Å². The van der Waals surface area contributed by atoms with Crippen LogP contribution in [0.15, 0.2) is 59.7 Å². The molecule has 0 bridgehead atoms. The molecule has 0 aliphatic carbocycles.